The summed E-state index contributed by atoms with van der Waals surface area (Å²) in [5.74, 6) is 0.736. The van der Waals surface area contributed by atoms with Crippen molar-refractivity contribution in [3.63, 3.8) is 0 Å². The summed E-state index contributed by atoms with van der Waals surface area (Å²) >= 11 is 7.99. The fraction of sp³-hybridized carbons (Fsp3) is 0.409. The molecule has 11 heteroatoms. The quantitative estimate of drug-likeness (QED) is 0.556. The summed E-state index contributed by atoms with van der Waals surface area (Å²) in [4.78, 5) is 15.9. The fourth-order valence-corrected chi connectivity index (χ4v) is 5.53. The maximum atomic E-state index is 9.44. The molecule has 3 N–H and O–H groups in total. The minimum Gasteiger partial charge on any atom is -0.394 e. The fourth-order valence-electron chi connectivity index (χ4n) is 4.47. The monoisotopic (exact) mass is 485 g/mol. The van der Waals surface area contributed by atoms with E-state index in [0.29, 0.717) is 22.5 Å². The van der Waals surface area contributed by atoms with Gasteiger partial charge in [-0.15, -0.1) is 10.2 Å². The van der Waals surface area contributed by atoms with Crippen molar-refractivity contribution in [2.24, 2.45) is 11.1 Å². The van der Waals surface area contributed by atoms with Crippen LogP contribution in [0.5, 0.6) is 0 Å². The van der Waals surface area contributed by atoms with Gasteiger partial charge in [-0.25, -0.2) is 4.98 Å². The molecule has 2 saturated heterocycles. The first-order valence-corrected chi connectivity index (χ1v) is 11.9. The molecule has 0 saturated carbocycles. The minimum atomic E-state index is -0.270. The number of halogens is 1. The van der Waals surface area contributed by atoms with E-state index in [1.165, 1.54) is 11.8 Å². The van der Waals surface area contributed by atoms with Crippen molar-refractivity contribution in [1.82, 2.24) is 25.1 Å². The van der Waals surface area contributed by atoms with E-state index in [-0.39, 0.29) is 24.2 Å². The van der Waals surface area contributed by atoms with Crippen LogP contribution in [0.1, 0.15) is 12.8 Å². The molecule has 9 nitrogen and oxygen atoms in total. The molecule has 1 aromatic carbocycles. The zero-order valence-corrected chi connectivity index (χ0v) is 19.4. The number of ether oxygens (including phenoxy) is 1. The van der Waals surface area contributed by atoms with Gasteiger partial charge in [-0.05, 0) is 30.7 Å². The van der Waals surface area contributed by atoms with Gasteiger partial charge in [0.15, 0.2) is 5.82 Å². The lowest BCUT2D eigenvalue weighted by molar-refractivity contribution is 0.0479. The van der Waals surface area contributed by atoms with Crippen LogP contribution in [-0.2, 0) is 4.74 Å². The molecule has 3 aromatic rings. The summed E-state index contributed by atoms with van der Waals surface area (Å²) < 4.78 is 5.71. The van der Waals surface area contributed by atoms with Crippen LogP contribution in [0.15, 0.2) is 53.0 Å². The van der Waals surface area contributed by atoms with Gasteiger partial charge in [0.25, 0.3) is 0 Å². The van der Waals surface area contributed by atoms with Crippen LogP contribution in [0.2, 0.25) is 5.02 Å². The predicted molar refractivity (Wildman–Crippen MR) is 125 cm³/mol. The van der Waals surface area contributed by atoms with Gasteiger partial charge in [-0.3, -0.25) is 9.97 Å². The molecular formula is C22H24ClN7O2S. The normalized spacial score (nSPS) is 22.1. The Morgan fingerprint density at radius 3 is 2.70 bits per heavy atom. The highest BCUT2D eigenvalue weighted by Gasteiger charge is 2.49. The average molecular weight is 486 g/mol. The van der Waals surface area contributed by atoms with Crippen LogP contribution < -0.4 is 10.6 Å². The molecular weight excluding hydrogens is 462 g/mol. The second kappa shape index (κ2) is 9.47. The lowest BCUT2D eigenvalue weighted by Crippen LogP contribution is -2.51. The second-order valence-electron chi connectivity index (χ2n) is 8.32. The molecule has 5 rings (SSSR count). The maximum Gasteiger partial charge on any atom is 0.214 e. The van der Waals surface area contributed by atoms with E-state index >= 15 is 0 Å². The van der Waals surface area contributed by atoms with Crippen LogP contribution in [0.4, 0.5) is 5.82 Å². The maximum absolute atomic E-state index is 9.44. The molecule has 0 bridgehead atoms. The van der Waals surface area contributed by atoms with Crippen molar-refractivity contribution in [2.45, 2.75) is 35.0 Å². The van der Waals surface area contributed by atoms with Gasteiger partial charge in [0, 0.05) is 47.4 Å². The van der Waals surface area contributed by atoms with Gasteiger partial charge in [0.05, 0.1) is 42.4 Å². The van der Waals surface area contributed by atoms with Crippen molar-refractivity contribution in [3.8, 4) is 11.3 Å². The summed E-state index contributed by atoms with van der Waals surface area (Å²) in [5.41, 5.74) is 7.81. The molecule has 2 aliphatic rings. The SMILES string of the molecule is N[C@@H]1[C@@H](CO)OCC12CCN(c1cnc(Sc3cccc(-c4cnccn4)c3Cl)nn1)CC2. The van der Waals surface area contributed by atoms with Gasteiger partial charge in [-0.2, -0.15) is 0 Å². The summed E-state index contributed by atoms with van der Waals surface area (Å²) in [6.07, 6.45) is 8.18. The Morgan fingerprint density at radius 2 is 2.03 bits per heavy atom. The molecule has 0 radical (unpaired) electrons. The van der Waals surface area contributed by atoms with Gasteiger partial charge >= 0.3 is 0 Å². The lowest BCUT2D eigenvalue weighted by Gasteiger charge is -2.41. The van der Waals surface area contributed by atoms with Gasteiger partial charge in [-0.1, -0.05) is 23.7 Å². The largest absolute Gasteiger partial charge is 0.394 e. The van der Waals surface area contributed by atoms with E-state index in [1.54, 1.807) is 24.8 Å². The van der Waals surface area contributed by atoms with Crippen molar-refractivity contribution in [2.75, 3.05) is 31.2 Å². The topological polar surface area (TPSA) is 123 Å². The number of aliphatic hydroxyl groups excluding tert-OH is 1. The number of rotatable bonds is 5. The van der Waals surface area contributed by atoms with E-state index in [9.17, 15) is 5.11 Å². The molecule has 0 aliphatic carbocycles. The summed E-state index contributed by atoms with van der Waals surface area (Å²) in [6.45, 7) is 2.15. The molecule has 0 unspecified atom stereocenters. The van der Waals surface area contributed by atoms with Crippen molar-refractivity contribution < 1.29 is 9.84 Å². The second-order valence-corrected chi connectivity index (χ2v) is 9.70. The van der Waals surface area contributed by atoms with E-state index in [0.717, 1.165) is 42.2 Å². The first-order valence-electron chi connectivity index (χ1n) is 10.8. The Bertz CT molecular complexity index is 1100. The molecule has 2 fully saturated rings. The van der Waals surface area contributed by atoms with E-state index in [1.807, 2.05) is 18.2 Å². The Morgan fingerprint density at radius 1 is 1.18 bits per heavy atom. The van der Waals surface area contributed by atoms with E-state index in [2.05, 4.69) is 30.0 Å². The van der Waals surface area contributed by atoms with Gasteiger partial charge < -0.3 is 20.5 Å². The smallest absolute Gasteiger partial charge is 0.214 e. The van der Waals surface area contributed by atoms with Crippen molar-refractivity contribution >= 4 is 29.2 Å². The summed E-state index contributed by atoms with van der Waals surface area (Å²) in [5, 5.41) is 19.2. The third kappa shape index (κ3) is 4.41. The number of nitrogens with zero attached hydrogens (tertiary/aromatic N) is 6. The molecule has 4 heterocycles. The Balaban J connectivity index is 1.25. The molecule has 172 valence electrons. The molecule has 0 amide bonds. The first-order chi connectivity index (χ1) is 16.1. The highest BCUT2D eigenvalue weighted by atomic mass is 35.5. The van der Waals surface area contributed by atoms with Crippen molar-refractivity contribution in [1.29, 1.82) is 0 Å². The van der Waals surface area contributed by atoms with E-state index < -0.39 is 0 Å². The third-order valence-corrected chi connectivity index (χ3v) is 7.94. The van der Waals surface area contributed by atoms with Crippen LogP contribution >= 0.6 is 23.4 Å². The van der Waals surface area contributed by atoms with Crippen LogP contribution in [-0.4, -0.2) is 68.7 Å². The first kappa shape index (κ1) is 22.4. The third-order valence-electron chi connectivity index (χ3n) is 6.49. The number of anilines is 1. The summed E-state index contributed by atoms with van der Waals surface area (Å²) in [6, 6.07) is 5.60. The van der Waals surface area contributed by atoms with E-state index in [4.69, 9.17) is 22.1 Å². The van der Waals surface area contributed by atoms with Crippen LogP contribution in [0.3, 0.4) is 0 Å². The summed E-state index contributed by atoms with van der Waals surface area (Å²) in [7, 11) is 0. The lowest BCUT2D eigenvalue weighted by atomic mass is 9.73. The van der Waals surface area contributed by atoms with Crippen LogP contribution in [0.25, 0.3) is 11.3 Å². The minimum absolute atomic E-state index is 0.0349. The molecule has 2 atom stereocenters. The number of hydrogen-bond donors (Lipinski definition) is 2. The predicted octanol–water partition coefficient (Wildman–Crippen LogP) is 2.44. The molecule has 2 aromatic heterocycles. The standard InChI is InChI=1S/C22H24ClN7O2S/c23-19-14(15-10-25-6-7-26-15)2-1-3-17(19)33-21-27-11-18(28-29-21)30-8-4-22(5-9-30)13-32-16(12-31)20(22)24/h1-3,6-7,10-11,16,20,31H,4-5,8-9,12-13,24H2/t16-,20-/m1/s1. The average Bonchev–Trinajstić information content (AvgIpc) is 3.16. The molecule has 33 heavy (non-hydrogen) atoms. The zero-order valence-electron chi connectivity index (χ0n) is 17.8. The highest BCUT2D eigenvalue weighted by Crippen LogP contribution is 2.42. The Kier molecular flexibility index (Phi) is 6.44. The highest BCUT2D eigenvalue weighted by molar-refractivity contribution is 7.99. The number of hydrogen-bond acceptors (Lipinski definition) is 10. The molecule has 1 spiro atoms. The number of aromatic nitrogens is 5. The number of nitrogens with two attached hydrogens (primary N) is 1. The zero-order chi connectivity index (χ0) is 22.8. The number of piperidine rings is 1. The Labute approximate surface area is 200 Å². The van der Waals surface area contributed by atoms with Crippen molar-refractivity contribution in [3.05, 3.63) is 48.0 Å². The van der Waals surface area contributed by atoms with Gasteiger partial charge in [0.1, 0.15) is 0 Å². The number of benzene rings is 1. The van der Waals surface area contributed by atoms with Crippen LogP contribution in [0, 0.1) is 5.41 Å². The molecule has 2 aliphatic heterocycles. The number of aliphatic hydroxyl groups is 1. The van der Waals surface area contributed by atoms with Gasteiger partial charge in [0.2, 0.25) is 5.16 Å². The Hall–Kier alpha value is -2.37.